The van der Waals surface area contributed by atoms with Crippen LogP contribution in [0.15, 0.2) is 52.1 Å². The molecule has 1 fully saturated rings. The number of aliphatic imine (C=N–C) groups is 1. The number of nitrogens with zero attached hydrogens (tertiary/aromatic N) is 3. The molecule has 0 unspecified atom stereocenters. The average Bonchev–Trinajstić information content (AvgIpc) is 3.07. The van der Waals surface area contributed by atoms with Gasteiger partial charge in [-0.2, -0.15) is 0 Å². The van der Waals surface area contributed by atoms with Crippen LogP contribution in [0.4, 0.5) is 10.1 Å². The second kappa shape index (κ2) is 8.19. The molecule has 0 radical (unpaired) electrons. The molecule has 0 aliphatic carbocycles. The topological polar surface area (TPSA) is 58.0 Å². The molecule has 1 saturated heterocycles. The van der Waals surface area contributed by atoms with Gasteiger partial charge in [-0.05, 0) is 36.4 Å². The van der Waals surface area contributed by atoms with Gasteiger partial charge in [-0.25, -0.2) is 9.38 Å². The van der Waals surface area contributed by atoms with Crippen LogP contribution in [0.5, 0.6) is 0 Å². The molecule has 0 saturated carbocycles. The summed E-state index contributed by atoms with van der Waals surface area (Å²) in [5, 5.41) is 0. The lowest BCUT2D eigenvalue weighted by Gasteiger charge is -2.36. The predicted octanol–water partition coefficient (Wildman–Crippen LogP) is 2.67. The van der Waals surface area contributed by atoms with E-state index in [9.17, 15) is 4.39 Å². The van der Waals surface area contributed by atoms with Gasteiger partial charge in [-0.1, -0.05) is 0 Å². The fourth-order valence-electron chi connectivity index (χ4n) is 2.51. The first-order valence-corrected chi connectivity index (χ1v) is 7.30. The average molecular weight is 430 g/mol. The van der Waals surface area contributed by atoms with Gasteiger partial charge in [-0.3, -0.25) is 0 Å². The van der Waals surface area contributed by atoms with Crippen LogP contribution in [0.1, 0.15) is 5.76 Å². The zero-order valence-corrected chi connectivity index (χ0v) is 15.0. The number of nitrogens with two attached hydrogens (primary N) is 1. The van der Waals surface area contributed by atoms with Gasteiger partial charge in [-0.15, -0.1) is 24.0 Å². The van der Waals surface area contributed by atoms with Crippen molar-refractivity contribution >= 4 is 35.6 Å². The molecule has 1 aliphatic rings. The van der Waals surface area contributed by atoms with E-state index in [0.29, 0.717) is 12.5 Å². The number of hydrogen-bond donors (Lipinski definition) is 1. The number of halogens is 2. The molecule has 7 heteroatoms. The van der Waals surface area contributed by atoms with Crippen molar-refractivity contribution in [1.29, 1.82) is 0 Å². The van der Waals surface area contributed by atoms with Crippen molar-refractivity contribution in [3.05, 3.63) is 54.2 Å². The maximum atomic E-state index is 13.0. The lowest BCUT2D eigenvalue weighted by Crippen LogP contribution is -2.51. The molecule has 0 bridgehead atoms. The Balaban J connectivity index is 0.00000192. The van der Waals surface area contributed by atoms with Crippen LogP contribution in [0.25, 0.3) is 0 Å². The van der Waals surface area contributed by atoms with E-state index in [1.807, 2.05) is 12.1 Å². The van der Waals surface area contributed by atoms with E-state index in [-0.39, 0.29) is 29.8 Å². The minimum absolute atomic E-state index is 0. The Morgan fingerprint density at radius 3 is 2.43 bits per heavy atom. The minimum atomic E-state index is -0.211. The Labute approximate surface area is 152 Å². The Kier molecular flexibility index (Phi) is 6.26. The van der Waals surface area contributed by atoms with Gasteiger partial charge in [0.25, 0.3) is 0 Å². The summed E-state index contributed by atoms with van der Waals surface area (Å²) >= 11 is 0. The summed E-state index contributed by atoms with van der Waals surface area (Å²) < 4.78 is 18.2. The summed E-state index contributed by atoms with van der Waals surface area (Å²) in [6, 6.07) is 10.3. The number of rotatable bonds is 3. The summed E-state index contributed by atoms with van der Waals surface area (Å²) in [6.45, 7) is 3.72. The Morgan fingerprint density at radius 1 is 1.13 bits per heavy atom. The lowest BCUT2D eigenvalue weighted by molar-refractivity contribution is 0.380. The highest BCUT2D eigenvalue weighted by atomic mass is 127. The van der Waals surface area contributed by atoms with Crippen LogP contribution in [0.3, 0.4) is 0 Å². The SMILES string of the molecule is I.NC(=NCc1ccco1)N1CCN(c2ccc(F)cc2)CC1. The van der Waals surface area contributed by atoms with Crippen molar-refractivity contribution in [2.75, 3.05) is 31.1 Å². The van der Waals surface area contributed by atoms with E-state index < -0.39 is 0 Å². The standard InChI is InChI=1S/C16H19FN4O.HI/c17-13-3-5-14(6-4-13)20-7-9-21(10-8-20)16(18)19-12-15-2-1-11-22-15;/h1-6,11H,7-10,12H2,(H2,18,19);1H. The molecular formula is C16H20FIN4O. The van der Waals surface area contributed by atoms with Gasteiger partial charge in [0, 0.05) is 31.9 Å². The molecule has 0 spiro atoms. The van der Waals surface area contributed by atoms with E-state index in [1.54, 1.807) is 18.4 Å². The molecule has 1 aliphatic heterocycles. The van der Waals surface area contributed by atoms with Crippen molar-refractivity contribution in [3.63, 3.8) is 0 Å². The molecule has 2 aromatic rings. The van der Waals surface area contributed by atoms with Crippen LogP contribution >= 0.6 is 24.0 Å². The minimum Gasteiger partial charge on any atom is -0.467 e. The maximum absolute atomic E-state index is 13.0. The highest BCUT2D eigenvalue weighted by molar-refractivity contribution is 14.0. The van der Waals surface area contributed by atoms with Crippen LogP contribution in [0, 0.1) is 5.82 Å². The number of piperazine rings is 1. The van der Waals surface area contributed by atoms with Gasteiger partial charge in [0.2, 0.25) is 0 Å². The monoisotopic (exact) mass is 430 g/mol. The van der Waals surface area contributed by atoms with Gasteiger partial charge < -0.3 is 20.0 Å². The zero-order valence-electron chi connectivity index (χ0n) is 12.7. The summed E-state index contributed by atoms with van der Waals surface area (Å²) in [6.07, 6.45) is 1.63. The zero-order chi connectivity index (χ0) is 15.4. The Morgan fingerprint density at radius 2 is 1.83 bits per heavy atom. The van der Waals surface area contributed by atoms with Crippen molar-refractivity contribution in [1.82, 2.24) is 4.90 Å². The molecular weight excluding hydrogens is 410 g/mol. The van der Waals surface area contributed by atoms with Gasteiger partial charge >= 0.3 is 0 Å². The first-order valence-electron chi connectivity index (χ1n) is 7.30. The maximum Gasteiger partial charge on any atom is 0.191 e. The van der Waals surface area contributed by atoms with Crippen LogP contribution in [-0.2, 0) is 6.54 Å². The number of anilines is 1. The third-order valence-corrected chi connectivity index (χ3v) is 3.77. The summed E-state index contributed by atoms with van der Waals surface area (Å²) in [4.78, 5) is 8.63. The predicted molar refractivity (Wildman–Crippen MR) is 99.6 cm³/mol. The van der Waals surface area contributed by atoms with E-state index in [2.05, 4.69) is 14.8 Å². The second-order valence-electron chi connectivity index (χ2n) is 5.20. The molecule has 0 amide bonds. The highest BCUT2D eigenvalue weighted by Gasteiger charge is 2.18. The molecule has 5 nitrogen and oxygen atoms in total. The molecule has 2 N–H and O–H groups in total. The first kappa shape index (κ1) is 17.6. The summed E-state index contributed by atoms with van der Waals surface area (Å²) in [5.74, 6) is 1.12. The molecule has 1 aromatic heterocycles. The molecule has 1 aromatic carbocycles. The van der Waals surface area contributed by atoms with E-state index in [4.69, 9.17) is 10.2 Å². The molecule has 2 heterocycles. The molecule has 0 atom stereocenters. The largest absolute Gasteiger partial charge is 0.467 e. The van der Waals surface area contributed by atoms with Gasteiger partial charge in [0.15, 0.2) is 5.96 Å². The Hall–Kier alpha value is -1.77. The fraction of sp³-hybridized carbons (Fsp3) is 0.312. The lowest BCUT2D eigenvalue weighted by atomic mass is 10.2. The highest BCUT2D eigenvalue weighted by Crippen LogP contribution is 2.16. The van der Waals surface area contributed by atoms with Crippen molar-refractivity contribution < 1.29 is 8.81 Å². The quantitative estimate of drug-likeness (QED) is 0.462. The fourth-order valence-corrected chi connectivity index (χ4v) is 2.51. The van der Waals surface area contributed by atoms with E-state index >= 15 is 0 Å². The summed E-state index contributed by atoms with van der Waals surface area (Å²) in [5.41, 5.74) is 7.07. The first-order chi connectivity index (χ1) is 10.7. The van der Waals surface area contributed by atoms with Crippen LogP contribution in [0.2, 0.25) is 0 Å². The summed E-state index contributed by atoms with van der Waals surface area (Å²) in [7, 11) is 0. The van der Waals surface area contributed by atoms with Crippen LogP contribution in [-0.4, -0.2) is 37.0 Å². The Bertz CT molecular complexity index is 622. The van der Waals surface area contributed by atoms with Gasteiger partial charge in [0.1, 0.15) is 18.1 Å². The molecule has 3 rings (SSSR count). The van der Waals surface area contributed by atoms with E-state index in [0.717, 1.165) is 37.6 Å². The normalized spacial score (nSPS) is 15.4. The number of guanidine groups is 1. The molecule has 124 valence electrons. The van der Waals surface area contributed by atoms with E-state index in [1.165, 1.54) is 12.1 Å². The number of hydrogen-bond acceptors (Lipinski definition) is 3. The second-order valence-corrected chi connectivity index (χ2v) is 5.20. The molecule has 23 heavy (non-hydrogen) atoms. The van der Waals surface area contributed by atoms with Crippen molar-refractivity contribution in [2.45, 2.75) is 6.54 Å². The van der Waals surface area contributed by atoms with Gasteiger partial charge in [0.05, 0.1) is 6.26 Å². The van der Waals surface area contributed by atoms with Crippen LogP contribution < -0.4 is 10.6 Å². The van der Waals surface area contributed by atoms with Crippen molar-refractivity contribution in [2.24, 2.45) is 10.7 Å². The number of benzene rings is 1. The smallest absolute Gasteiger partial charge is 0.191 e. The van der Waals surface area contributed by atoms with Crippen molar-refractivity contribution in [3.8, 4) is 0 Å². The third-order valence-electron chi connectivity index (χ3n) is 3.77. The third kappa shape index (κ3) is 4.60. The number of furan rings is 1.